The summed E-state index contributed by atoms with van der Waals surface area (Å²) < 4.78 is 5.45. The molecule has 172 valence electrons. The van der Waals surface area contributed by atoms with E-state index < -0.39 is 5.66 Å². The third kappa shape index (κ3) is 4.37. The molecule has 0 radical (unpaired) electrons. The molecular weight excluding hydrogens is 406 g/mol. The van der Waals surface area contributed by atoms with Crippen LogP contribution in [0.4, 0.5) is 0 Å². The van der Waals surface area contributed by atoms with Crippen LogP contribution in [0, 0.1) is 0 Å². The van der Waals surface area contributed by atoms with E-state index in [1.54, 1.807) is 0 Å². The Morgan fingerprint density at radius 3 is 2.72 bits per heavy atom. The van der Waals surface area contributed by atoms with E-state index in [2.05, 4.69) is 62.7 Å². The monoisotopic (exact) mass is 439 g/mol. The van der Waals surface area contributed by atoms with Crippen molar-refractivity contribution < 1.29 is 4.52 Å². The molecule has 0 aromatic carbocycles. The summed E-state index contributed by atoms with van der Waals surface area (Å²) in [5.41, 5.74) is 8.77. The fourth-order valence-electron chi connectivity index (χ4n) is 4.06. The number of rotatable bonds is 6. The first-order valence-electron chi connectivity index (χ1n) is 11.5. The normalized spacial score (nSPS) is 25.7. The van der Waals surface area contributed by atoms with E-state index in [0.29, 0.717) is 24.3 Å². The van der Waals surface area contributed by atoms with Gasteiger partial charge in [-0.3, -0.25) is 5.10 Å². The minimum atomic E-state index is -0.961. The second-order valence-electron chi connectivity index (χ2n) is 9.46. The number of aliphatic imine (C=N–C) groups is 1. The Bertz CT molecular complexity index is 1010. The maximum absolute atomic E-state index is 6.88. The third-order valence-electron chi connectivity index (χ3n) is 6.38. The Labute approximate surface area is 188 Å². The zero-order chi connectivity index (χ0) is 22.3. The van der Waals surface area contributed by atoms with Gasteiger partial charge < -0.3 is 30.7 Å². The van der Waals surface area contributed by atoms with Gasteiger partial charge in [0, 0.05) is 49.9 Å². The predicted octanol–water partition coefficient (Wildman–Crippen LogP) is 1.35. The minimum absolute atomic E-state index is 0.315. The Kier molecular flexibility index (Phi) is 5.42. The molecule has 2 aliphatic heterocycles. The number of hydrogen-bond donors (Lipinski definition) is 4. The number of hydrogen-bond acceptors (Lipinski definition) is 7. The number of guanidine groups is 1. The quantitative estimate of drug-likeness (QED) is 0.532. The number of aromatic amines is 1. The molecule has 0 spiro atoms. The number of nitrogens with two attached hydrogens (primary N) is 1. The summed E-state index contributed by atoms with van der Waals surface area (Å²) in [6.07, 6.45) is 4.44. The molecule has 4 heterocycles. The van der Waals surface area contributed by atoms with Crippen LogP contribution in [0.2, 0.25) is 0 Å². The number of aromatic nitrogens is 3. The smallest absolute Gasteiger partial charge is 0.199 e. The molecule has 2 aromatic heterocycles. The van der Waals surface area contributed by atoms with E-state index in [0.717, 1.165) is 54.8 Å². The van der Waals surface area contributed by atoms with E-state index in [-0.39, 0.29) is 0 Å². The van der Waals surface area contributed by atoms with Crippen LogP contribution in [0.15, 0.2) is 33.5 Å². The molecule has 32 heavy (non-hydrogen) atoms. The molecule has 1 unspecified atom stereocenters. The first-order valence-corrected chi connectivity index (χ1v) is 11.5. The number of nitrogens with zero attached hydrogens (tertiary/aromatic N) is 5. The molecule has 1 saturated carbocycles. The molecule has 5 rings (SSSR count). The lowest BCUT2D eigenvalue weighted by Gasteiger charge is -2.41. The summed E-state index contributed by atoms with van der Waals surface area (Å²) >= 11 is 0. The van der Waals surface area contributed by atoms with E-state index in [9.17, 15) is 0 Å². The Morgan fingerprint density at radius 2 is 2.03 bits per heavy atom. The second kappa shape index (κ2) is 8.25. The van der Waals surface area contributed by atoms with Gasteiger partial charge in [0.25, 0.3) is 0 Å². The van der Waals surface area contributed by atoms with Crippen LogP contribution >= 0.6 is 0 Å². The van der Waals surface area contributed by atoms with Gasteiger partial charge in [0.1, 0.15) is 18.1 Å². The maximum atomic E-state index is 6.88. The van der Waals surface area contributed by atoms with Gasteiger partial charge in [-0.25, -0.2) is 4.99 Å². The number of nitrogens with one attached hydrogen (secondary N) is 3. The van der Waals surface area contributed by atoms with Crippen molar-refractivity contribution >= 4 is 5.96 Å². The molecule has 0 bridgehead atoms. The van der Waals surface area contributed by atoms with Gasteiger partial charge in [-0.05, 0) is 31.9 Å². The van der Waals surface area contributed by atoms with Crippen molar-refractivity contribution in [2.24, 2.45) is 10.7 Å². The average Bonchev–Trinajstić information content (AvgIpc) is 3.29. The highest BCUT2D eigenvalue weighted by atomic mass is 16.5. The predicted molar refractivity (Wildman–Crippen MR) is 122 cm³/mol. The fourth-order valence-corrected chi connectivity index (χ4v) is 4.06. The van der Waals surface area contributed by atoms with Gasteiger partial charge in [-0.2, -0.15) is 5.10 Å². The van der Waals surface area contributed by atoms with Crippen molar-refractivity contribution in [2.45, 2.75) is 50.7 Å². The minimum Gasteiger partial charge on any atom is -0.359 e. The number of piperazine rings is 1. The summed E-state index contributed by atoms with van der Waals surface area (Å²) in [5.74, 6) is 3.17. The topological polar surface area (TPSA) is 124 Å². The molecule has 1 saturated heterocycles. The molecule has 1 aliphatic carbocycles. The Hall–Kier alpha value is -2.85. The molecule has 1 atom stereocenters. The lowest BCUT2D eigenvalue weighted by atomic mass is 10.0. The van der Waals surface area contributed by atoms with Crippen molar-refractivity contribution in [1.29, 1.82) is 0 Å². The van der Waals surface area contributed by atoms with Crippen molar-refractivity contribution in [3.8, 4) is 0 Å². The van der Waals surface area contributed by atoms with Crippen LogP contribution in [-0.4, -0.2) is 64.3 Å². The molecular formula is C22H33N9O. The van der Waals surface area contributed by atoms with Gasteiger partial charge in [0.05, 0.1) is 5.69 Å². The van der Waals surface area contributed by atoms with Crippen LogP contribution in [0.3, 0.4) is 0 Å². The standard InChI is InChI=1S/C22H33N9O/c1-14(2)17-10-16(32-29-17)13-24-21-25-20(31-8-6-30(3)7-9-31)12-22(23,26-21)19-11-18(27-28-19)15-4-5-15/h10-12,14-15H,4-9,13,23H2,1-3H3,(H,27,28)(H2,24,25,26). The molecule has 10 heteroatoms. The van der Waals surface area contributed by atoms with Crippen LogP contribution in [-0.2, 0) is 12.2 Å². The van der Waals surface area contributed by atoms with E-state index in [4.69, 9.17) is 15.2 Å². The van der Waals surface area contributed by atoms with Crippen LogP contribution in [0.5, 0.6) is 0 Å². The molecule has 10 nitrogen and oxygen atoms in total. The number of likely N-dealkylation sites (N-methyl/N-ethyl adjacent to an activating group) is 1. The third-order valence-corrected chi connectivity index (χ3v) is 6.38. The first kappa shape index (κ1) is 21.0. The first-order chi connectivity index (χ1) is 15.4. The lowest BCUT2D eigenvalue weighted by molar-refractivity contribution is 0.177. The summed E-state index contributed by atoms with van der Waals surface area (Å²) in [6.45, 7) is 8.40. The highest BCUT2D eigenvalue weighted by molar-refractivity contribution is 5.84. The van der Waals surface area contributed by atoms with Gasteiger partial charge in [-0.1, -0.05) is 19.0 Å². The van der Waals surface area contributed by atoms with Crippen LogP contribution in [0.25, 0.3) is 0 Å². The zero-order valence-corrected chi connectivity index (χ0v) is 19.1. The van der Waals surface area contributed by atoms with E-state index in [1.165, 1.54) is 12.8 Å². The Balaban J connectivity index is 1.41. The van der Waals surface area contributed by atoms with Crippen LogP contribution < -0.4 is 16.4 Å². The van der Waals surface area contributed by atoms with Gasteiger partial charge >= 0.3 is 0 Å². The molecule has 0 amide bonds. The molecule has 3 aliphatic rings. The van der Waals surface area contributed by atoms with Crippen molar-refractivity contribution in [3.05, 3.63) is 46.9 Å². The largest absolute Gasteiger partial charge is 0.359 e. The maximum Gasteiger partial charge on any atom is 0.199 e. The molecule has 5 N–H and O–H groups in total. The van der Waals surface area contributed by atoms with Gasteiger partial charge in [0.15, 0.2) is 17.4 Å². The van der Waals surface area contributed by atoms with Crippen molar-refractivity contribution in [1.82, 2.24) is 35.8 Å². The summed E-state index contributed by atoms with van der Waals surface area (Å²) in [6, 6.07) is 4.04. The van der Waals surface area contributed by atoms with Gasteiger partial charge in [0.2, 0.25) is 0 Å². The summed E-state index contributed by atoms with van der Waals surface area (Å²) in [7, 11) is 2.15. The van der Waals surface area contributed by atoms with E-state index in [1.807, 2.05) is 12.1 Å². The molecule has 2 fully saturated rings. The average molecular weight is 440 g/mol. The van der Waals surface area contributed by atoms with Gasteiger partial charge in [-0.15, -0.1) is 0 Å². The second-order valence-corrected chi connectivity index (χ2v) is 9.46. The van der Waals surface area contributed by atoms with Crippen molar-refractivity contribution in [3.63, 3.8) is 0 Å². The summed E-state index contributed by atoms with van der Waals surface area (Å²) in [4.78, 5) is 9.37. The van der Waals surface area contributed by atoms with Crippen molar-refractivity contribution in [2.75, 3.05) is 33.2 Å². The number of H-pyrrole nitrogens is 1. The summed E-state index contributed by atoms with van der Waals surface area (Å²) in [5, 5.41) is 18.6. The van der Waals surface area contributed by atoms with Crippen LogP contribution in [0.1, 0.15) is 61.4 Å². The SMILES string of the molecule is CC(C)c1cc(CN=C2NC(N3CCN(C)CC3)=CC(N)(c3cc(C4CC4)[nH]n3)N2)on1. The zero-order valence-electron chi connectivity index (χ0n) is 19.1. The highest BCUT2D eigenvalue weighted by Gasteiger charge is 2.37. The molecule has 2 aromatic rings. The lowest BCUT2D eigenvalue weighted by Crippen LogP contribution is -2.61. The Morgan fingerprint density at radius 1 is 1.25 bits per heavy atom. The highest BCUT2D eigenvalue weighted by Crippen LogP contribution is 2.39. The van der Waals surface area contributed by atoms with E-state index >= 15 is 0 Å². The fraction of sp³-hybridized carbons (Fsp3) is 0.591.